The third-order valence-corrected chi connectivity index (χ3v) is 10.4. The number of carbonyl (C=O) groups is 2. The first-order chi connectivity index (χ1) is 23.2. The SMILES string of the molecule is COc1cc(C(=O)N(C)CC(CCN2CCC(C(=O)N3CCC(C)CC3)(c3ccccc3)CC2)c2ccc(F)cc2)cc(OC)c1OC. The van der Waals surface area contributed by atoms with E-state index in [4.69, 9.17) is 14.2 Å². The van der Waals surface area contributed by atoms with Gasteiger partial charge in [0.05, 0.1) is 26.7 Å². The maximum atomic E-state index is 14.2. The minimum atomic E-state index is -0.512. The van der Waals surface area contributed by atoms with Gasteiger partial charge in [-0.1, -0.05) is 49.4 Å². The van der Waals surface area contributed by atoms with E-state index in [1.165, 1.54) is 33.5 Å². The van der Waals surface area contributed by atoms with Crippen molar-refractivity contribution < 1.29 is 28.2 Å². The lowest BCUT2D eigenvalue weighted by molar-refractivity contribution is -0.141. The monoisotopic (exact) mass is 659 g/mol. The molecule has 0 saturated carbocycles. The number of benzene rings is 3. The van der Waals surface area contributed by atoms with Crippen LogP contribution in [-0.4, -0.2) is 94.2 Å². The second-order valence-electron chi connectivity index (χ2n) is 13.4. The Balaban J connectivity index is 1.29. The van der Waals surface area contributed by atoms with E-state index in [1.54, 1.807) is 24.1 Å². The molecule has 2 fully saturated rings. The highest BCUT2D eigenvalue weighted by atomic mass is 19.1. The number of hydrogen-bond acceptors (Lipinski definition) is 6. The number of nitrogens with zero attached hydrogens (tertiary/aromatic N) is 3. The summed E-state index contributed by atoms with van der Waals surface area (Å²) in [5.41, 5.74) is 2.00. The highest BCUT2D eigenvalue weighted by Gasteiger charge is 2.45. The quantitative estimate of drug-likeness (QED) is 0.225. The number of halogens is 1. The van der Waals surface area contributed by atoms with Crippen molar-refractivity contribution in [3.63, 3.8) is 0 Å². The van der Waals surface area contributed by atoms with E-state index in [2.05, 4.69) is 28.9 Å². The predicted molar refractivity (Wildman–Crippen MR) is 186 cm³/mol. The number of methoxy groups -OCH3 is 3. The smallest absolute Gasteiger partial charge is 0.253 e. The van der Waals surface area contributed by atoms with Gasteiger partial charge in [0.1, 0.15) is 5.82 Å². The fourth-order valence-corrected chi connectivity index (χ4v) is 7.33. The van der Waals surface area contributed by atoms with Gasteiger partial charge in [0.15, 0.2) is 11.5 Å². The Morgan fingerprint density at radius 1 is 0.896 bits per heavy atom. The summed E-state index contributed by atoms with van der Waals surface area (Å²) in [4.78, 5) is 34.1. The molecule has 2 amide bonds. The summed E-state index contributed by atoms with van der Waals surface area (Å²) in [6.45, 7) is 6.79. The third-order valence-electron chi connectivity index (χ3n) is 10.4. The van der Waals surface area contributed by atoms with Gasteiger partial charge in [0.2, 0.25) is 11.7 Å². The van der Waals surface area contributed by atoms with Crippen LogP contribution in [0.4, 0.5) is 4.39 Å². The Hall–Kier alpha value is -4.11. The summed E-state index contributed by atoms with van der Waals surface area (Å²) >= 11 is 0. The van der Waals surface area contributed by atoms with E-state index in [9.17, 15) is 14.0 Å². The average Bonchev–Trinajstić information content (AvgIpc) is 3.13. The van der Waals surface area contributed by atoms with Crippen molar-refractivity contribution in [2.24, 2.45) is 5.92 Å². The number of ether oxygens (including phenoxy) is 3. The average molecular weight is 660 g/mol. The standard InChI is InChI=1S/C39H50FN3O5/c1-28-15-21-43(22-16-28)38(45)39(32-9-7-6-8-10-32)18-23-42(24-19-39)20-17-30(29-11-13-33(40)14-12-29)27-41(2)37(44)31-25-34(46-3)36(48-5)35(26-31)47-4/h6-14,25-26,28,30H,15-24,27H2,1-5H3. The molecule has 3 aromatic carbocycles. The molecule has 2 saturated heterocycles. The van der Waals surface area contributed by atoms with E-state index < -0.39 is 5.41 Å². The minimum absolute atomic E-state index is 0.0284. The van der Waals surface area contributed by atoms with Crippen LogP contribution in [0.2, 0.25) is 0 Å². The number of hydrogen-bond donors (Lipinski definition) is 0. The van der Waals surface area contributed by atoms with E-state index in [-0.39, 0.29) is 23.5 Å². The molecule has 2 aliphatic rings. The Labute approximate surface area is 284 Å². The van der Waals surface area contributed by atoms with Gasteiger partial charge >= 0.3 is 0 Å². The van der Waals surface area contributed by atoms with Crippen LogP contribution in [0.1, 0.15) is 66.4 Å². The molecule has 8 nitrogen and oxygen atoms in total. The van der Waals surface area contributed by atoms with Gasteiger partial charge in [-0.25, -0.2) is 4.39 Å². The normalized spacial score (nSPS) is 17.4. The highest BCUT2D eigenvalue weighted by molar-refractivity contribution is 5.95. The van der Waals surface area contributed by atoms with Gasteiger partial charge in [-0.15, -0.1) is 0 Å². The minimum Gasteiger partial charge on any atom is -0.493 e. The van der Waals surface area contributed by atoms with Gasteiger partial charge in [0, 0.05) is 38.2 Å². The summed E-state index contributed by atoms with van der Waals surface area (Å²) in [5, 5.41) is 0. The highest BCUT2D eigenvalue weighted by Crippen LogP contribution is 2.40. The van der Waals surface area contributed by atoms with Crippen molar-refractivity contribution in [1.82, 2.24) is 14.7 Å². The van der Waals surface area contributed by atoms with Crippen molar-refractivity contribution in [3.8, 4) is 17.2 Å². The first-order valence-corrected chi connectivity index (χ1v) is 17.1. The van der Waals surface area contributed by atoms with Gasteiger partial charge in [-0.3, -0.25) is 9.59 Å². The zero-order chi connectivity index (χ0) is 34.3. The first-order valence-electron chi connectivity index (χ1n) is 17.1. The molecule has 48 heavy (non-hydrogen) atoms. The molecular formula is C39H50FN3O5. The number of piperidine rings is 2. The lowest BCUT2D eigenvalue weighted by Crippen LogP contribution is -2.54. The second-order valence-corrected chi connectivity index (χ2v) is 13.4. The molecule has 0 aromatic heterocycles. The number of likely N-dealkylation sites (N-methyl/N-ethyl adjacent to an activating group) is 1. The Morgan fingerprint density at radius 2 is 1.50 bits per heavy atom. The maximum Gasteiger partial charge on any atom is 0.253 e. The summed E-state index contributed by atoms with van der Waals surface area (Å²) in [6.07, 6.45) is 4.42. The molecule has 5 rings (SSSR count). The molecular weight excluding hydrogens is 609 g/mol. The number of likely N-dealkylation sites (tertiary alicyclic amines) is 2. The fourth-order valence-electron chi connectivity index (χ4n) is 7.33. The first kappa shape index (κ1) is 35.2. The van der Waals surface area contributed by atoms with Gasteiger partial charge in [0.25, 0.3) is 5.91 Å². The Morgan fingerprint density at radius 3 is 2.06 bits per heavy atom. The Bertz CT molecular complexity index is 1490. The van der Waals surface area contributed by atoms with Gasteiger partial charge in [-0.2, -0.15) is 0 Å². The van der Waals surface area contributed by atoms with Crippen LogP contribution < -0.4 is 14.2 Å². The topological polar surface area (TPSA) is 71.6 Å². The van der Waals surface area contributed by atoms with E-state index >= 15 is 0 Å². The second kappa shape index (κ2) is 15.9. The van der Waals surface area contributed by atoms with Crippen LogP contribution in [0.3, 0.4) is 0 Å². The molecule has 0 radical (unpaired) electrons. The summed E-state index contributed by atoms with van der Waals surface area (Å²) < 4.78 is 30.3. The zero-order valence-electron chi connectivity index (χ0n) is 29.0. The van der Waals surface area contributed by atoms with Gasteiger partial charge in [-0.05, 0) is 93.0 Å². The molecule has 2 aliphatic heterocycles. The number of rotatable bonds is 12. The molecule has 9 heteroatoms. The van der Waals surface area contributed by atoms with Gasteiger partial charge < -0.3 is 28.9 Å². The lowest BCUT2D eigenvalue weighted by Gasteiger charge is -2.45. The summed E-state index contributed by atoms with van der Waals surface area (Å²) in [6, 6.07) is 20.2. The Kier molecular flexibility index (Phi) is 11.6. The zero-order valence-corrected chi connectivity index (χ0v) is 29.0. The van der Waals surface area contributed by atoms with Crippen LogP contribution in [0.15, 0.2) is 66.7 Å². The molecule has 0 aliphatic carbocycles. The van der Waals surface area contributed by atoms with Crippen molar-refractivity contribution >= 4 is 11.8 Å². The molecule has 0 N–H and O–H groups in total. The molecule has 3 aromatic rings. The molecule has 1 atom stereocenters. The van der Waals surface area contributed by atoms with Crippen molar-refractivity contribution in [3.05, 3.63) is 89.2 Å². The van der Waals surface area contributed by atoms with Crippen LogP contribution in [0.5, 0.6) is 17.2 Å². The third kappa shape index (κ3) is 7.78. The van der Waals surface area contributed by atoms with E-state index in [1.807, 2.05) is 30.3 Å². The van der Waals surface area contributed by atoms with Crippen molar-refractivity contribution in [2.45, 2.75) is 50.4 Å². The largest absolute Gasteiger partial charge is 0.493 e. The van der Waals surface area contributed by atoms with Crippen LogP contribution in [0.25, 0.3) is 0 Å². The van der Waals surface area contributed by atoms with Crippen molar-refractivity contribution in [1.29, 1.82) is 0 Å². The molecule has 2 heterocycles. The van der Waals surface area contributed by atoms with E-state index in [0.29, 0.717) is 35.3 Å². The maximum absolute atomic E-state index is 14.2. The van der Waals surface area contributed by atoms with E-state index in [0.717, 1.165) is 76.0 Å². The number of amides is 2. The van der Waals surface area contributed by atoms with Crippen LogP contribution in [-0.2, 0) is 10.2 Å². The summed E-state index contributed by atoms with van der Waals surface area (Å²) in [7, 11) is 6.35. The van der Waals surface area contributed by atoms with Crippen LogP contribution >= 0.6 is 0 Å². The predicted octanol–water partition coefficient (Wildman–Crippen LogP) is 6.39. The molecule has 1 unspecified atom stereocenters. The fraction of sp³-hybridized carbons (Fsp3) is 0.487. The molecule has 0 bridgehead atoms. The molecule has 258 valence electrons. The lowest BCUT2D eigenvalue weighted by atomic mass is 9.71. The molecule has 0 spiro atoms. The number of carbonyl (C=O) groups excluding carboxylic acids is 2. The van der Waals surface area contributed by atoms with Crippen LogP contribution in [0, 0.1) is 11.7 Å². The summed E-state index contributed by atoms with van der Waals surface area (Å²) in [5.74, 6) is 1.68. The van der Waals surface area contributed by atoms with Crippen molar-refractivity contribution in [2.75, 3.05) is 67.6 Å².